The molecule has 6 nitrogen and oxygen atoms in total. The van der Waals surface area contributed by atoms with Gasteiger partial charge in [0.15, 0.2) is 11.1 Å². The molecule has 96 valence electrons. The summed E-state index contributed by atoms with van der Waals surface area (Å²) in [6.45, 7) is 0. The van der Waals surface area contributed by atoms with Gasteiger partial charge >= 0.3 is 6.09 Å². The third-order valence-electron chi connectivity index (χ3n) is 4.20. The molecule has 1 aromatic rings. The Morgan fingerprint density at radius 1 is 1.50 bits per heavy atom. The zero-order valence-corrected chi connectivity index (χ0v) is 10.3. The largest absolute Gasteiger partial charge is 0.442 e. The number of hydrogen-bond donors (Lipinski definition) is 0. The fraction of sp³-hybridized carbons (Fsp3) is 0.636. The highest BCUT2D eigenvalue weighted by Crippen LogP contribution is 2.54. The first-order valence-electron chi connectivity index (χ1n) is 6.00. The van der Waals surface area contributed by atoms with Gasteiger partial charge in [-0.05, 0) is 12.8 Å². The zero-order valence-electron chi connectivity index (χ0n) is 9.47. The molecule has 0 spiro atoms. The molecule has 6 atom stereocenters. The second kappa shape index (κ2) is 3.64. The second-order valence-electron chi connectivity index (χ2n) is 5.07. The van der Waals surface area contributed by atoms with Crippen molar-refractivity contribution in [2.75, 3.05) is 0 Å². The number of hydrogen-bond acceptors (Lipinski definition) is 5. The summed E-state index contributed by atoms with van der Waals surface area (Å²) in [6, 6.07) is 0. The first-order chi connectivity index (χ1) is 8.74. The molecule has 7 heteroatoms. The van der Waals surface area contributed by atoms with Gasteiger partial charge in [0.2, 0.25) is 0 Å². The molecule has 4 rings (SSSR count). The van der Waals surface area contributed by atoms with E-state index in [9.17, 15) is 9.00 Å². The van der Waals surface area contributed by atoms with Gasteiger partial charge in [-0.15, -0.1) is 0 Å². The third-order valence-corrected chi connectivity index (χ3v) is 5.65. The number of carbonyl (C=O) groups is 1. The fourth-order valence-electron chi connectivity index (χ4n) is 3.43. The standard InChI is InChI=1S/C11H12N2O4S/c14-11(13-2-1-12-5-13)16-9-6-3-7-8(4-6)18(15)17-10(7)9/h1-2,5-10H,3-4H2. The fourth-order valence-corrected chi connectivity index (χ4v) is 5.00. The first kappa shape index (κ1) is 10.7. The van der Waals surface area contributed by atoms with Crippen molar-refractivity contribution in [1.82, 2.24) is 9.55 Å². The van der Waals surface area contributed by atoms with Gasteiger partial charge in [-0.1, -0.05) is 0 Å². The minimum absolute atomic E-state index is 0.156. The van der Waals surface area contributed by atoms with Gasteiger partial charge in [0, 0.05) is 24.2 Å². The highest BCUT2D eigenvalue weighted by atomic mass is 32.2. The maximum absolute atomic E-state index is 11.9. The minimum atomic E-state index is -1.20. The van der Waals surface area contributed by atoms with Crippen molar-refractivity contribution in [3.8, 4) is 0 Å². The molecule has 3 fully saturated rings. The molecule has 0 amide bonds. The monoisotopic (exact) mass is 268 g/mol. The van der Waals surface area contributed by atoms with Crippen LogP contribution in [0.2, 0.25) is 0 Å². The average Bonchev–Trinajstić information content (AvgIpc) is 3.06. The van der Waals surface area contributed by atoms with Gasteiger partial charge in [0.1, 0.15) is 18.5 Å². The lowest BCUT2D eigenvalue weighted by Gasteiger charge is -2.24. The van der Waals surface area contributed by atoms with Crippen molar-refractivity contribution in [2.24, 2.45) is 11.8 Å². The molecule has 0 N–H and O–H groups in total. The van der Waals surface area contributed by atoms with Crippen molar-refractivity contribution in [1.29, 1.82) is 0 Å². The quantitative estimate of drug-likeness (QED) is 0.750. The maximum atomic E-state index is 11.9. The SMILES string of the molecule is O=C(OC1C2CC3C1OS(=O)C3C2)n1ccnc1. The Hall–Kier alpha value is -1.21. The summed E-state index contributed by atoms with van der Waals surface area (Å²) in [5.41, 5.74) is 0. The molecule has 1 aromatic heterocycles. The summed E-state index contributed by atoms with van der Waals surface area (Å²) in [5.74, 6) is 0.598. The van der Waals surface area contributed by atoms with E-state index in [2.05, 4.69) is 4.98 Å². The summed E-state index contributed by atoms with van der Waals surface area (Å²) < 4.78 is 23.9. The van der Waals surface area contributed by atoms with E-state index in [1.807, 2.05) is 0 Å². The van der Waals surface area contributed by atoms with Crippen LogP contribution in [-0.4, -0.2) is 37.3 Å². The molecule has 2 heterocycles. The van der Waals surface area contributed by atoms with Crippen LogP contribution < -0.4 is 0 Å². The van der Waals surface area contributed by atoms with Crippen LogP contribution in [0.1, 0.15) is 12.8 Å². The molecule has 1 aliphatic heterocycles. The van der Waals surface area contributed by atoms with Crippen LogP contribution in [0.4, 0.5) is 4.79 Å². The van der Waals surface area contributed by atoms with Crippen molar-refractivity contribution in [2.45, 2.75) is 30.3 Å². The molecule has 1 saturated heterocycles. The van der Waals surface area contributed by atoms with Gasteiger partial charge in [-0.25, -0.2) is 18.6 Å². The average molecular weight is 268 g/mol. The van der Waals surface area contributed by atoms with E-state index >= 15 is 0 Å². The summed E-state index contributed by atoms with van der Waals surface area (Å²) in [5, 5.41) is 0.156. The van der Waals surface area contributed by atoms with Crippen LogP contribution in [0.5, 0.6) is 0 Å². The number of carbonyl (C=O) groups excluding carboxylic acids is 1. The van der Waals surface area contributed by atoms with Crippen molar-refractivity contribution in [3.05, 3.63) is 18.7 Å². The van der Waals surface area contributed by atoms with E-state index in [4.69, 9.17) is 8.92 Å². The Morgan fingerprint density at radius 2 is 2.39 bits per heavy atom. The highest BCUT2D eigenvalue weighted by molar-refractivity contribution is 7.81. The van der Waals surface area contributed by atoms with Gasteiger partial charge in [0.25, 0.3) is 0 Å². The van der Waals surface area contributed by atoms with Crippen molar-refractivity contribution < 1.29 is 17.9 Å². The minimum Gasteiger partial charge on any atom is -0.442 e. The lowest BCUT2D eigenvalue weighted by atomic mass is 9.94. The van der Waals surface area contributed by atoms with Crippen LogP contribution in [0, 0.1) is 11.8 Å². The number of aromatic nitrogens is 2. The Bertz CT molecular complexity index is 517. The van der Waals surface area contributed by atoms with E-state index in [0.29, 0.717) is 11.8 Å². The van der Waals surface area contributed by atoms with Crippen LogP contribution in [-0.2, 0) is 20.0 Å². The second-order valence-corrected chi connectivity index (χ2v) is 6.39. The van der Waals surface area contributed by atoms with E-state index in [0.717, 1.165) is 12.8 Å². The summed E-state index contributed by atoms with van der Waals surface area (Å²) >= 11 is -1.20. The molecular weight excluding hydrogens is 256 g/mol. The molecule has 6 unspecified atom stereocenters. The Kier molecular flexibility index (Phi) is 2.16. The number of nitrogens with zero attached hydrogens (tertiary/aromatic N) is 2. The molecule has 18 heavy (non-hydrogen) atoms. The van der Waals surface area contributed by atoms with Crippen LogP contribution >= 0.6 is 0 Å². The molecule has 3 aliphatic rings. The van der Waals surface area contributed by atoms with Gasteiger partial charge in [-0.3, -0.25) is 4.18 Å². The smallest absolute Gasteiger partial charge is 0.419 e. The summed E-state index contributed by atoms with van der Waals surface area (Å²) in [7, 11) is 0. The van der Waals surface area contributed by atoms with Gasteiger partial charge < -0.3 is 4.74 Å². The Labute approximate surface area is 106 Å². The molecule has 0 aromatic carbocycles. The lowest BCUT2D eigenvalue weighted by molar-refractivity contribution is 0.00729. The number of fused-ring (bicyclic) bond motifs is 1. The van der Waals surface area contributed by atoms with Crippen molar-refractivity contribution in [3.63, 3.8) is 0 Å². The predicted molar refractivity (Wildman–Crippen MR) is 60.9 cm³/mol. The molecule has 2 saturated carbocycles. The first-order valence-corrected chi connectivity index (χ1v) is 7.14. The number of imidazole rings is 1. The van der Waals surface area contributed by atoms with Crippen LogP contribution in [0.15, 0.2) is 18.7 Å². The number of rotatable bonds is 1. The van der Waals surface area contributed by atoms with E-state index in [1.54, 1.807) is 6.20 Å². The highest BCUT2D eigenvalue weighted by Gasteiger charge is 2.62. The molecule has 2 aliphatic carbocycles. The molecule has 0 radical (unpaired) electrons. The lowest BCUT2D eigenvalue weighted by Crippen LogP contribution is -2.37. The third kappa shape index (κ3) is 1.34. The maximum Gasteiger partial charge on any atom is 0.419 e. The molecule has 2 bridgehead atoms. The van der Waals surface area contributed by atoms with Gasteiger partial charge in [-0.2, -0.15) is 0 Å². The zero-order chi connectivity index (χ0) is 12.3. The Balaban J connectivity index is 1.54. The van der Waals surface area contributed by atoms with Crippen molar-refractivity contribution >= 4 is 17.2 Å². The predicted octanol–water partition coefficient (Wildman–Crippen LogP) is 0.707. The number of ether oxygens (including phenoxy) is 1. The van der Waals surface area contributed by atoms with E-state index < -0.39 is 17.2 Å². The van der Waals surface area contributed by atoms with E-state index in [-0.39, 0.29) is 17.5 Å². The van der Waals surface area contributed by atoms with Crippen LogP contribution in [0.3, 0.4) is 0 Å². The molecular formula is C11H12N2O4S. The van der Waals surface area contributed by atoms with E-state index in [1.165, 1.54) is 17.1 Å². The van der Waals surface area contributed by atoms with Gasteiger partial charge in [0.05, 0.1) is 5.25 Å². The van der Waals surface area contributed by atoms with Crippen LogP contribution in [0.25, 0.3) is 0 Å². The normalized spacial score (nSPS) is 44.4. The Morgan fingerprint density at radius 3 is 3.17 bits per heavy atom. The topological polar surface area (TPSA) is 70.4 Å². The summed E-state index contributed by atoms with van der Waals surface area (Å²) in [6.07, 6.45) is 5.41. The summed E-state index contributed by atoms with van der Waals surface area (Å²) in [4.78, 5) is 15.7.